The number of oxazole rings is 1. The fraction of sp³-hybridized carbons (Fsp3) is 0.211. The lowest BCUT2D eigenvalue weighted by Gasteiger charge is -2.07. The Bertz CT molecular complexity index is 1230. The van der Waals surface area contributed by atoms with Crippen LogP contribution in [0.2, 0.25) is 0 Å². The molecule has 1 amide bonds. The van der Waals surface area contributed by atoms with E-state index >= 15 is 0 Å². The van der Waals surface area contributed by atoms with Crippen molar-refractivity contribution >= 4 is 22.7 Å². The standard InChI is InChI=1S/C19H18N6O3/c1-11-12(2)23-25(13(11)3)18-20-8-14(9-21-18)22-17(26)10-24-15-6-4-5-7-16(15)28-19(24)27/h4-9H,10H2,1-3H3,(H,22,26). The summed E-state index contributed by atoms with van der Waals surface area (Å²) in [5.41, 5.74) is 4.38. The smallest absolute Gasteiger partial charge is 0.408 e. The van der Waals surface area contributed by atoms with Crippen LogP contribution in [0.4, 0.5) is 5.69 Å². The first-order chi connectivity index (χ1) is 13.4. The molecule has 9 heteroatoms. The van der Waals surface area contributed by atoms with Crippen LogP contribution in [-0.4, -0.2) is 30.2 Å². The first-order valence-corrected chi connectivity index (χ1v) is 8.67. The lowest BCUT2D eigenvalue weighted by atomic mass is 10.2. The number of benzene rings is 1. The molecule has 0 aliphatic rings. The van der Waals surface area contributed by atoms with Gasteiger partial charge in [-0.1, -0.05) is 12.1 Å². The number of carbonyl (C=O) groups excluding carboxylic acids is 1. The maximum absolute atomic E-state index is 12.3. The molecule has 3 aromatic heterocycles. The largest absolute Gasteiger partial charge is 0.420 e. The van der Waals surface area contributed by atoms with E-state index < -0.39 is 5.76 Å². The lowest BCUT2D eigenvalue weighted by Crippen LogP contribution is -2.25. The number of anilines is 1. The van der Waals surface area contributed by atoms with Crippen molar-refractivity contribution in [2.24, 2.45) is 0 Å². The molecule has 28 heavy (non-hydrogen) atoms. The molecule has 0 radical (unpaired) electrons. The Morgan fingerprint density at radius 1 is 1.14 bits per heavy atom. The zero-order valence-electron chi connectivity index (χ0n) is 15.6. The van der Waals surface area contributed by atoms with Gasteiger partial charge >= 0.3 is 5.76 Å². The van der Waals surface area contributed by atoms with E-state index in [-0.39, 0.29) is 12.5 Å². The maximum Gasteiger partial charge on any atom is 0.420 e. The Hall–Kier alpha value is -3.75. The molecular weight excluding hydrogens is 360 g/mol. The van der Waals surface area contributed by atoms with E-state index in [0.29, 0.717) is 22.7 Å². The second kappa shape index (κ2) is 6.76. The molecule has 0 fully saturated rings. The molecule has 1 N–H and O–H groups in total. The van der Waals surface area contributed by atoms with Crippen LogP contribution in [-0.2, 0) is 11.3 Å². The van der Waals surface area contributed by atoms with Crippen molar-refractivity contribution in [1.82, 2.24) is 24.3 Å². The number of nitrogens with zero attached hydrogens (tertiary/aromatic N) is 5. The summed E-state index contributed by atoms with van der Waals surface area (Å²) >= 11 is 0. The number of aryl methyl sites for hydroxylation is 1. The minimum atomic E-state index is -0.581. The molecule has 1 aromatic carbocycles. The highest BCUT2D eigenvalue weighted by Crippen LogP contribution is 2.15. The highest BCUT2D eigenvalue weighted by molar-refractivity contribution is 5.91. The summed E-state index contributed by atoms with van der Waals surface area (Å²) in [6, 6.07) is 6.94. The Balaban J connectivity index is 1.51. The zero-order valence-corrected chi connectivity index (χ0v) is 15.6. The predicted molar refractivity (Wildman–Crippen MR) is 102 cm³/mol. The minimum absolute atomic E-state index is 0.172. The van der Waals surface area contributed by atoms with Crippen molar-refractivity contribution in [1.29, 1.82) is 0 Å². The van der Waals surface area contributed by atoms with Gasteiger partial charge in [0.25, 0.3) is 5.95 Å². The van der Waals surface area contributed by atoms with Crippen molar-refractivity contribution in [3.05, 3.63) is 64.2 Å². The topological polar surface area (TPSA) is 108 Å². The van der Waals surface area contributed by atoms with E-state index in [9.17, 15) is 9.59 Å². The van der Waals surface area contributed by atoms with Gasteiger partial charge in [0.05, 0.1) is 29.3 Å². The van der Waals surface area contributed by atoms with Gasteiger partial charge in [-0.15, -0.1) is 0 Å². The number of carbonyl (C=O) groups is 1. The number of fused-ring (bicyclic) bond motifs is 1. The van der Waals surface area contributed by atoms with Crippen LogP contribution >= 0.6 is 0 Å². The predicted octanol–water partition coefficient (Wildman–Crippen LogP) is 2.13. The monoisotopic (exact) mass is 378 g/mol. The molecule has 0 saturated carbocycles. The SMILES string of the molecule is Cc1nn(-c2ncc(NC(=O)Cn3c(=O)oc4ccccc43)cn2)c(C)c1C. The van der Waals surface area contributed by atoms with Crippen LogP contribution in [0, 0.1) is 20.8 Å². The molecule has 0 aliphatic heterocycles. The van der Waals surface area contributed by atoms with Gasteiger partial charge in [0, 0.05) is 5.69 Å². The van der Waals surface area contributed by atoms with Gasteiger partial charge < -0.3 is 9.73 Å². The fourth-order valence-corrected chi connectivity index (χ4v) is 2.92. The van der Waals surface area contributed by atoms with Gasteiger partial charge in [0.2, 0.25) is 5.91 Å². The summed E-state index contributed by atoms with van der Waals surface area (Å²) in [6.07, 6.45) is 3.00. The second-order valence-electron chi connectivity index (χ2n) is 6.45. The summed E-state index contributed by atoms with van der Waals surface area (Å²) in [7, 11) is 0. The summed E-state index contributed by atoms with van der Waals surface area (Å²) in [6.45, 7) is 5.69. The normalized spacial score (nSPS) is 11.1. The van der Waals surface area contributed by atoms with Gasteiger partial charge in [-0.25, -0.2) is 19.4 Å². The summed E-state index contributed by atoms with van der Waals surface area (Å²) in [5.74, 6) is -0.543. The van der Waals surface area contributed by atoms with Crippen LogP contribution in [0.15, 0.2) is 45.9 Å². The number of aromatic nitrogens is 5. The van der Waals surface area contributed by atoms with E-state index in [2.05, 4.69) is 20.4 Å². The molecule has 3 heterocycles. The van der Waals surface area contributed by atoms with Gasteiger partial charge in [-0.3, -0.25) is 9.36 Å². The maximum atomic E-state index is 12.3. The van der Waals surface area contributed by atoms with E-state index in [0.717, 1.165) is 17.0 Å². The van der Waals surface area contributed by atoms with Crippen LogP contribution in [0.3, 0.4) is 0 Å². The third-order valence-electron chi connectivity index (χ3n) is 4.64. The number of hydrogen-bond donors (Lipinski definition) is 1. The zero-order chi connectivity index (χ0) is 19.8. The van der Waals surface area contributed by atoms with Crippen LogP contribution < -0.4 is 11.1 Å². The molecule has 142 valence electrons. The van der Waals surface area contributed by atoms with E-state index in [1.54, 1.807) is 28.9 Å². The molecule has 0 atom stereocenters. The van der Waals surface area contributed by atoms with Gasteiger partial charge in [-0.05, 0) is 38.5 Å². The fourth-order valence-electron chi connectivity index (χ4n) is 2.92. The first-order valence-electron chi connectivity index (χ1n) is 8.67. The van der Waals surface area contributed by atoms with Crippen molar-refractivity contribution in [3.63, 3.8) is 0 Å². The van der Waals surface area contributed by atoms with Crippen LogP contribution in [0.5, 0.6) is 0 Å². The number of amides is 1. The second-order valence-corrected chi connectivity index (χ2v) is 6.45. The summed E-state index contributed by atoms with van der Waals surface area (Å²) < 4.78 is 8.07. The summed E-state index contributed by atoms with van der Waals surface area (Å²) in [4.78, 5) is 32.9. The number of para-hydroxylation sites is 2. The van der Waals surface area contributed by atoms with Crippen molar-refractivity contribution in [2.45, 2.75) is 27.3 Å². The molecule has 9 nitrogen and oxygen atoms in total. The van der Waals surface area contributed by atoms with Crippen molar-refractivity contribution < 1.29 is 9.21 Å². The molecule has 0 aliphatic carbocycles. The van der Waals surface area contributed by atoms with Gasteiger partial charge in [0.1, 0.15) is 6.54 Å². The molecule has 4 aromatic rings. The Morgan fingerprint density at radius 2 is 1.86 bits per heavy atom. The molecule has 0 unspecified atom stereocenters. The molecule has 0 spiro atoms. The number of hydrogen-bond acceptors (Lipinski definition) is 6. The van der Waals surface area contributed by atoms with E-state index in [4.69, 9.17) is 4.42 Å². The van der Waals surface area contributed by atoms with Crippen molar-refractivity contribution in [3.8, 4) is 5.95 Å². The third-order valence-corrected chi connectivity index (χ3v) is 4.64. The molecule has 4 rings (SSSR count). The minimum Gasteiger partial charge on any atom is -0.408 e. The average molecular weight is 378 g/mol. The highest BCUT2D eigenvalue weighted by Gasteiger charge is 2.14. The average Bonchev–Trinajstić information content (AvgIpc) is 3.13. The number of rotatable bonds is 4. The van der Waals surface area contributed by atoms with Crippen LogP contribution in [0.25, 0.3) is 17.0 Å². The molecule has 0 bridgehead atoms. The Kier molecular flexibility index (Phi) is 4.26. The van der Waals surface area contributed by atoms with Crippen molar-refractivity contribution in [2.75, 3.05) is 5.32 Å². The van der Waals surface area contributed by atoms with Crippen LogP contribution in [0.1, 0.15) is 17.0 Å². The van der Waals surface area contributed by atoms with E-state index in [1.165, 1.54) is 17.0 Å². The van der Waals surface area contributed by atoms with Gasteiger partial charge in [-0.2, -0.15) is 5.10 Å². The van der Waals surface area contributed by atoms with E-state index in [1.807, 2.05) is 20.8 Å². The quantitative estimate of drug-likeness (QED) is 0.583. The highest BCUT2D eigenvalue weighted by atomic mass is 16.4. The molecule has 0 saturated heterocycles. The third kappa shape index (κ3) is 3.07. The first kappa shape index (κ1) is 17.7. The lowest BCUT2D eigenvalue weighted by molar-refractivity contribution is -0.116. The summed E-state index contributed by atoms with van der Waals surface area (Å²) in [5, 5.41) is 7.10. The molecular formula is C19H18N6O3. The Morgan fingerprint density at radius 3 is 2.54 bits per heavy atom. The number of nitrogens with one attached hydrogen (secondary N) is 1. The Labute approximate surface area is 159 Å². The van der Waals surface area contributed by atoms with Gasteiger partial charge in [0.15, 0.2) is 5.58 Å².